The second-order valence-corrected chi connectivity index (χ2v) is 16.2. The van der Waals surface area contributed by atoms with Gasteiger partial charge in [0.1, 0.15) is 0 Å². The molecule has 0 heterocycles. The minimum atomic E-state index is -2.66. The zero-order chi connectivity index (χ0) is 27.0. The van der Waals surface area contributed by atoms with Crippen molar-refractivity contribution >= 4 is 18.5 Å². The number of hydrogen-bond acceptors (Lipinski definition) is 4. The standard InChI is InChI=1S/C32H53O3PS/c1-9-33-36(37,34-10-2)35-26-17-19-31(7)25(21-26)13-14-27-29-16-15-28(32(29,8)20-18-30(27)31)24(6)12-11-23(5)22(3)4/h11-14,22-24,26,28-30H,9-10,15-21H2,1-8H3/b12-11+/t23-,24+,26-,28+,29-,30-,31-,32+/m0/s1. The summed E-state index contributed by atoms with van der Waals surface area (Å²) >= 11 is 5.70. The van der Waals surface area contributed by atoms with Crippen molar-refractivity contribution in [2.45, 2.75) is 106 Å². The highest BCUT2D eigenvalue weighted by atomic mass is 32.5. The Balaban J connectivity index is 1.51. The molecule has 5 heteroatoms. The van der Waals surface area contributed by atoms with Gasteiger partial charge in [0.05, 0.1) is 19.3 Å². The quantitative estimate of drug-likeness (QED) is 0.201. The van der Waals surface area contributed by atoms with Gasteiger partial charge in [0.25, 0.3) is 0 Å². The smallest absolute Gasteiger partial charge is 0.309 e. The molecule has 4 rings (SSSR count). The van der Waals surface area contributed by atoms with E-state index in [1.165, 1.54) is 25.7 Å². The van der Waals surface area contributed by atoms with Gasteiger partial charge in [-0.25, -0.2) is 0 Å². The topological polar surface area (TPSA) is 27.7 Å². The average molecular weight is 549 g/mol. The van der Waals surface area contributed by atoms with Crippen LogP contribution in [0, 0.1) is 46.3 Å². The van der Waals surface area contributed by atoms with Gasteiger partial charge in [-0.2, -0.15) is 0 Å². The molecule has 0 saturated heterocycles. The first-order valence-corrected chi connectivity index (χ1v) is 17.7. The molecule has 4 aliphatic rings. The van der Waals surface area contributed by atoms with Crippen LogP contribution in [0.1, 0.15) is 100 Å². The van der Waals surface area contributed by atoms with Gasteiger partial charge in [0, 0.05) is 0 Å². The summed E-state index contributed by atoms with van der Waals surface area (Å²) in [4.78, 5) is 0. The highest BCUT2D eigenvalue weighted by Crippen LogP contribution is 2.66. The molecule has 0 unspecified atom stereocenters. The Hall–Kier alpha value is -0.250. The third-order valence-corrected chi connectivity index (χ3v) is 13.5. The van der Waals surface area contributed by atoms with Crippen molar-refractivity contribution in [3.8, 4) is 0 Å². The maximum Gasteiger partial charge on any atom is 0.327 e. The largest absolute Gasteiger partial charge is 0.327 e. The van der Waals surface area contributed by atoms with E-state index in [-0.39, 0.29) is 11.5 Å². The van der Waals surface area contributed by atoms with Crippen LogP contribution >= 0.6 is 6.72 Å². The van der Waals surface area contributed by atoms with Gasteiger partial charge in [-0.05, 0) is 117 Å². The van der Waals surface area contributed by atoms with Gasteiger partial charge in [-0.1, -0.05) is 77.0 Å². The Labute approximate surface area is 233 Å². The molecule has 0 bridgehead atoms. The summed E-state index contributed by atoms with van der Waals surface area (Å²) < 4.78 is 18.0. The summed E-state index contributed by atoms with van der Waals surface area (Å²) in [5.41, 5.74) is 4.00. The van der Waals surface area contributed by atoms with Crippen LogP contribution < -0.4 is 0 Å². The monoisotopic (exact) mass is 548 g/mol. The Kier molecular flexibility index (Phi) is 9.40. The number of hydrogen-bond donors (Lipinski definition) is 0. The molecule has 210 valence electrons. The van der Waals surface area contributed by atoms with Gasteiger partial charge in [0.15, 0.2) is 0 Å². The van der Waals surface area contributed by atoms with Crippen LogP contribution in [0.2, 0.25) is 0 Å². The van der Waals surface area contributed by atoms with Crippen LogP contribution in [0.4, 0.5) is 0 Å². The molecular weight excluding hydrogens is 495 g/mol. The molecule has 0 spiro atoms. The molecule has 8 atom stereocenters. The SMILES string of the molecule is CCOP(=S)(OCC)O[C@H]1CC[C@@]2(C)C(=CC=C3[C@@H]4CC[C@H]([C@H](C)/C=C/[C@H](C)C(C)C)[C@@]4(C)CC[C@@H]32)C1. The lowest BCUT2D eigenvalue weighted by molar-refractivity contribution is 0.0364. The van der Waals surface area contributed by atoms with Crippen LogP contribution in [0.5, 0.6) is 0 Å². The predicted octanol–water partition coefficient (Wildman–Crippen LogP) is 9.65. The second-order valence-electron chi connectivity index (χ2n) is 13.2. The van der Waals surface area contributed by atoms with Crippen molar-refractivity contribution in [1.29, 1.82) is 0 Å². The molecule has 37 heavy (non-hydrogen) atoms. The average Bonchev–Trinajstić information content (AvgIpc) is 3.20. The lowest BCUT2D eigenvalue weighted by Gasteiger charge is -2.55. The van der Waals surface area contributed by atoms with E-state index < -0.39 is 6.72 Å². The molecule has 3 nitrogen and oxygen atoms in total. The molecule has 0 aliphatic heterocycles. The number of fused-ring (bicyclic) bond motifs is 5. The Morgan fingerprint density at radius 3 is 2.30 bits per heavy atom. The number of rotatable bonds is 10. The normalized spacial score (nSPS) is 37.5. The highest BCUT2D eigenvalue weighted by Gasteiger charge is 2.57. The molecule has 3 fully saturated rings. The van der Waals surface area contributed by atoms with Crippen LogP contribution in [-0.2, 0) is 25.4 Å². The van der Waals surface area contributed by atoms with E-state index in [1.54, 1.807) is 11.1 Å². The molecular formula is C32H53O3PS. The lowest BCUT2D eigenvalue weighted by atomic mass is 9.50. The third kappa shape index (κ3) is 5.81. The van der Waals surface area contributed by atoms with Gasteiger partial charge >= 0.3 is 6.72 Å². The van der Waals surface area contributed by atoms with Crippen molar-refractivity contribution in [3.63, 3.8) is 0 Å². The van der Waals surface area contributed by atoms with Crippen molar-refractivity contribution < 1.29 is 13.6 Å². The van der Waals surface area contributed by atoms with Crippen LogP contribution in [-0.4, -0.2) is 19.3 Å². The fourth-order valence-electron chi connectivity index (χ4n) is 8.27. The van der Waals surface area contributed by atoms with Crippen LogP contribution in [0.15, 0.2) is 35.5 Å². The molecule has 0 radical (unpaired) electrons. The fraction of sp³-hybridized carbons (Fsp3) is 0.812. The molecule has 0 amide bonds. The molecule has 0 aromatic rings. The minimum absolute atomic E-state index is 0.101. The van der Waals surface area contributed by atoms with Crippen LogP contribution in [0.25, 0.3) is 0 Å². The Morgan fingerprint density at radius 2 is 1.65 bits per heavy atom. The van der Waals surface area contributed by atoms with E-state index in [1.807, 2.05) is 13.8 Å². The zero-order valence-corrected chi connectivity index (χ0v) is 26.5. The van der Waals surface area contributed by atoms with E-state index >= 15 is 0 Å². The van der Waals surface area contributed by atoms with Gasteiger partial charge in [-0.3, -0.25) is 0 Å². The highest BCUT2D eigenvalue weighted by molar-refractivity contribution is 8.07. The third-order valence-electron chi connectivity index (χ3n) is 10.9. The summed E-state index contributed by atoms with van der Waals surface area (Å²) in [6, 6.07) is 0. The van der Waals surface area contributed by atoms with E-state index in [2.05, 4.69) is 65.8 Å². The Bertz CT molecular complexity index is 944. The van der Waals surface area contributed by atoms with Crippen molar-refractivity contribution in [1.82, 2.24) is 0 Å². The first-order valence-electron chi connectivity index (χ1n) is 15.1. The predicted molar refractivity (Wildman–Crippen MR) is 160 cm³/mol. The summed E-state index contributed by atoms with van der Waals surface area (Å²) in [5, 5.41) is 0. The van der Waals surface area contributed by atoms with Gasteiger partial charge < -0.3 is 13.6 Å². The van der Waals surface area contributed by atoms with Crippen molar-refractivity contribution in [2.75, 3.05) is 13.2 Å². The summed E-state index contributed by atoms with van der Waals surface area (Å²) in [5.74, 6) is 4.23. The first kappa shape index (κ1) is 29.7. The molecule has 0 aromatic heterocycles. The molecule has 0 aromatic carbocycles. The summed E-state index contributed by atoms with van der Waals surface area (Å²) in [6.45, 7) is 17.0. The zero-order valence-electron chi connectivity index (χ0n) is 24.8. The van der Waals surface area contributed by atoms with E-state index in [4.69, 9.17) is 25.4 Å². The van der Waals surface area contributed by atoms with Crippen LogP contribution in [0.3, 0.4) is 0 Å². The van der Waals surface area contributed by atoms with E-state index in [9.17, 15) is 0 Å². The molecule has 0 N–H and O–H groups in total. The van der Waals surface area contributed by atoms with E-state index in [0.717, 1.165) is 31.1 Å². The Morgan fingerprint density at radius 1 is 0.946 bits per heavy atom. The molecule has 4 aliphatic carbocycles. The summed E-state index contributed by atoms with van der Waals surface area (Å²) in [6.07, 6.45) is 18.7. The number of allylic oxidation sites excluding steroid dienone is 5. The maximum absolute atomic E-state index is 6.38. The molecule has 3 saturated carbocycles. The fourth-order valence-corrected chi connectivity index (χ4v) is 10.6. The van der Waals surface area contributed by atoms with E-state index in [0.29, 0.717) is 42.3 Å². The second kappa shape index (κ2) is 11.7. The van der Waals surface area contributed by atoms with Gasteiger partial charge in [-0.15, -0.1) is 0 Å². The van der Waals surface area contributed by atoms with Crippen molar-refractivity contribution in [2.24, 2.45) is 46.3 Å². The maximum atomic E-state index is 6.38. The minimum Gasteiger partial charge on any atom is -0.309 e. The lowest BCUT2D eigenvalue weighted by Crippen LogP contribution is -2.46. The van der Waals surface area contributed by atoms with Gasteiger partial charge in [0.2, 0.25) is 0 Å². The van der Waals surface area contributed by atoms with Crippen molar-refractivity contribution in [3.05, 3.63) is 35.5 Å². The first-order chi connectivity index (χ1) is 17.5. The summed E-state index contributed by atoms with van der Waals surface area (Å²) in [7, 11) is 0.